The maximum atomic E-state index is 16.6. The molecule has 72 heavy (non-hydrogen) atoms. The quantitative estimate of drug-likeness (QED) is 0.0368. The van der Waals surface area contributed by atoms with Gasteiger partial charge >= 0.3 is 42.4 Å². The molecule has 406 valence electrons. The molecular formula is C42H63F15N2O5Rf2Si6-2. The average molecular weight is 1660 g/mol. The molecule has 0 heterocycles. The topological polar surface area (TPSA) is 68.3 Å². The zero-order valence-corrected chi connectivity index (χ0v) is 61.5. The van der Waals surface area contributed by atoms with E-state index >= 15 is 17.6 Å². The van der Waals surface area contributed by atoms with Gasteiger partial charge in [-0.25, -0.2) is 4.39 Å². The van der Waals surface area contributed by atoms with Crippen LogP contribution in [0.4, 0.5) is 77.4 Å². The van der Waals surface area contributed by atoms with Gasteiger partial charge in [-0.15, -0.1) is 40.6 Å². The third kappa shape index (κ3) is 16.5. The molecule has 0 aliphatic rings. The van der Waals surface area contributed by atoms with Crippen LogP contribution in [0, 0.1) is 0 Å². The molecule has 0 aromatic heterocycles. The first-order chi connectivity index (χ1) is 31.3. The van der Waals surface area contributed by atoms with Crippen LogP contribution in [0.5, 0.6) is 0 Å². The van der Waals surface area contributed by atoms with E-state index in [4.69, 9.17) is 0 Å². The molecular weight excluding hydrogens is 1600 g/mol. The Morgan fingerprint density at radius 3 is 1.26 bits per heavy atom. The summed E-state index contributed by atoms with van der Waals surface area (Å²) in [7, 11) is -12.5. The Labute approximate surface area is 406 Å². The zero-order valence-electron chi connectivity index (χ0n) is 42.6. The van der Waals surface area contributed by atoms with E-state index in [2.05, 4.69) is 35.7 Å². The third-order valence-electron chi connectivity index (χ3n) is 12.8. The molecule has 0 N–H and O–H groups in total. The van der Waals surface area contributed by atoms with Crippen molar-refractivity contribution >= 4 is 83.7 Å². The van der Waals surface area contributed by atoms with Crippen molar-refractivity contribution in [3.63, 3.8) is 0 Å². The fourth-order valence-electron chi connectivity index (χ4n) is 9.03. The molecule has 0 fully saturated rings. The van der Waals surface area contributed by atoms with Crippen molar-refractivity contribution in [3.05, 3.63) is 48.5 Å². The number of anilines is 2. The first-order valence-electron chi connectivity index (χ1n) is 22.1. The number of amides is 2. The zero-order chi connectivity index (χ0) is 54.6. The van der Waals surface area contributed by atoms with Gasteiger partial charge in [-0.05, 0) is 18.6 Å². The van der Waals surface area contributed by atoms with E-state index in [1.165, 1.54) is 28.8 Å². The van der Waals surface area contributed by atoms with Crippen LogP contribution in [0.25, 0.3) is 0 Å². The molecule has 2 rings (SSSR count). The predicted molar refractivity (Wildman–Crippen MR) is 257 cm³/mol. The molecule has 2 amide bonds. The van der Waals surface area contributed by atoms with Gasteiger partial charge in [0, 0.05) is 39.4 Å². The largest absolute Gasteiger partial charge is 0.479 e. The smallest absolute Gasteiger partial charge is 0.478 e. The van der Waals surface area contributed by atoms with Gasteiger partial charge in [-0.1, -0.05) is 147 Å². The maximum absolute atomic E-state index is 16.6. The van der Waals surface area contributed by atoms with E-state index in [1.807, 2.05) is 63.5 Å². The van der Waals surface area contributed by atoms with Crippen LogP contribution in [0.1, 0.15) is 6.42 Å². The molecule has 2 unspecified atom stereocenters. The van der Waals surface area contributed by atoms with E-state index in [0.29, 0.717) is 41.2 Å². The van der Waals surface area contributed by atoms with Crippen LogP contribution < -0.4 is 20.2 Å². The number of ether oxygens (including phenoxy) is 2. The molecule has 2 atom stereocenters. The van der Waals surface area contributed by atoms with Crippen molar-refractivity contribution in [2.24, 2.45) is 0 Å². The van der Waals surface area contributed by atoms with E-state index < -0.39 is 104 Å². The number of hydrogen-bond acceptors (Lipinski definition) is 5. The summed E-state index contributed by atoms with van der Waals surface area (Å²) in [4.78, 5) is 26.8. The summed E-state index contributed by atoms with van der Waals surface area (Å²) >= 11 is 0. The normalized spacial score (nSPS) is 15.5. The van der Waals surface area contributed by atoms with Gasteiger partial charge in [-0.3, -0.25) is 9.47 Å². The van der Waals surface area contributed by atoms with Crippen LogP contribution in [-0.4, -0.2) is 118 Å². The Hall–Kier alpha value is -4.49. The molecule has 7 nitrogen and oxygen atoms in total. The molecule has 0 saturated carbocycles. The number of hydrogen-bond donors (Lipinski definition) is 0. The number of alkyl halides is 14. The molecule has 2 aromatic carbocycles. The average Bonchev–Trinajstić information content (AvgIpc) is 3.22. The van der Waals surface area contributed by atoms with Crippen molar-refractivity contribution in [2.45, 2.75) is 162 Å². The summed E-state index contributed by atoms with van der Waals surface area (Å²) in [6.07, 6.45) is -34.6. The molecule has 30 heteroatoms. The van der Waals surface area contributed by atoms with Gasteiger partial charge in [0.05, 0.1) is 29.0 Å². The number of benzene rings is 2. The molecule has 0 radical (unpaired) electrons. The summed E-state index contributed by atoms with van der Waals surface area (Å²) in [6, 6.07) is 16.0. The Balaban J connectivity index is 0.0000252. The van der Waals surface area contributed by atoms with Crippen molar-refractivity contribution in [2.75, 3.05) is 23.9 Å². The van der Waals surface area contributed by atoms with Gasteiger partial charge in [0.25, 0.3) is 0 Å². The van der Waals surface area contributed by atoms with Crippen LogP contribution in [0.2, 0.25) is 113 Å². The van der Waals surface area contributed by atoms with Crippen molar-refractivity contribution in [1.29, 1.82) is 0 Å². The summed E-state index contributed by atoms with van der Waals surface area (Å²) in [5.41, 5.74) is 2.01. The van der Waals surface area contributed by atoms with Crippen LogP contribution in [0.15, 0.2) is 48.5 Å². The summed E-state index contributed by atoms with van der Waals surface area (Å²) in [6.45, 7) is 20.0. The van der Waals surface area contributed by atoms with E-state index in [0.717, 1.165) is 10.4 Å². The monoisotopic (exact) mass is 1660 g/mol. The van der Waals surface area contributed by atoms with Crippen LogP contribution >= 0.6 is 0 Å². The van der Waals surface area contributed by atoms with Gasteiger partial charge < -0.3 is 19.4 Å². The molecule has 0 aliphatic carbocycles. The second-order valence-electron chi connectivity index (χ2n) is 21.6. The van der Waals surface area contributed by atoms with Crippen molar-refractivity contribution in [3.8, 4) is 0 Å². The minimum Gasteiger partial charge on any atom is -0.479 e. The summed E-state index contributed by atoms with van der Waals surface area (Å²) in [5, 5.41) is 1.93. The molecule has 2 aromatic rings. The SMILES string of the molecule is CN([C-]=O)c1cccc([Si](C)(C)CC[Si](C)(C)C[Si](CCC(F)(OC(F)(F)C(F)(OC(F)(F)C(F)(F)OF)C(F)(F)F)C(F)(F)F)(C[SiH](C)C)C[Si](C)(C)CC[Si](C)(C)c2cccc(N(C)[C-]=O)c2)c1.[Rf].[Rf]. The van der Waals surface area contributed by atoms with Crippen LogP contribution in [-0.2, 0) is 24.0 Å². The Morgan fingerprint density at radius 1 is 0.556 bits per heavy atom. The number of carbonyl (C=O) groups excluding carboxylic acids is 2. The Bertz CT molecular complexity index is 1990. The van der Waals surface area contributed by atoms with Gasteiger partial charge in [-0.2, -0.15) is 57.1 Å². The third-order valence-corrected chi connectivity index (χ3v) is 45.5. The van der Waals surface area contributed by atoms with Crippen LogP contribution in [0.3, 0.4) is 0 Å². The van der Waals surface area contributed by atoms with Crippen molar-refractivity contribution < 1.29 is 90.0 Å². The number of halogens is 15. The van der Waals surface area contributed by atoms with Gasteiger partial charge in [0.2, 0.25) is 0 Å². The molecule has 0 bridgehead atoms. The fourth-order valence-corrected chi connectivity index (χ4v) is 55.2. The first kappa shape index (κ1) is 67.5. The number of rotatable bonds is 28. The second kappa shape index (κ2) is 23.4. The van der Waals surface area contributed by atoms with E-state index in [-0.39, 0.29) is 11.3 Å². The van der Waals surface area contributed by atoms with Gasteiger partial charge in [0.15, 0.2) is 0 Å². The minimum atomic E-state index is -7.65. The van der Waals surface area contributed by atoms with Crippen molar-refractivity contribution in [1.82, 2.24) is 0 Å². The standard InChI is InChI=1S/C42H63F15N2O5Si6.2Rf/c1-58(27-60)32-15-13-17-34(25-32)68(9,10)23-21-66(5,6)30-70(29-65(3)4,31-67(7,8)22-24-69(11,12)35-18-14-16-33(26-35)59(2)28-61)20-19-36(43,38(45,46)47)62-40(51,52)37(44,39(48,49)50)63-41(53,54)42(55,56)64-57;;/h13-18,25-26,65H,19-24,29-31H2,1-12H3;;/q-2;;. The Kier molecular flexibility index (Phi) is 21.9. The summed E-state index contributed by atoms with van der Waals surface area (Å²) < 4.78 is 221. The Morgan fingerprint density at radius 2 is 0.944 bits per heavy atom. The molecule has 0 saturated heterocycles. The van der Waals surface area contributed by atoms with Gasteiger partial charge in [0.1, 0.15) is 0 Å². The fraction of sp³-hybridized carbons (Fsp3) is 0.667. The molecule has 0 spiro atoms. The number of nitrogens with zero attached hydrogens (tertiary/aromatic N) is 2. The predicted octanol–water partition coefficient (Wildman–Crippen LogP) is 12.8. The maximum Gasteiger partial charge on any atom is 0.478 e. The first-order valence-corrected chi connectivity index (χ1v) is 41.3. The van der Waals surface area contributed by atoms with E-state index in [1.54, 1.807) is 37.1 Å². The summed E-state index contributed by atoms with van der Waals surface area (Å²) in [5.74, 6) is -13.6. The van der Waals surface area contributed by atoms with E-state index in [9.17, 15) is 58.0 Å². The second-order valence-corrected chi connectivity index (χ2v) is 51.7. The minimum absolute atomic E-state index is 0. The molecule has 0 aliphatic heterocycles.